The van der Waals surface area contributed by atoms with Gasteiger partial charge in [0.25, 0.3) is 0 Å². The number of furan rings is 1. The molecule has 4 heteroatoms. The van der Waals surface area contributed by atoms with E-state index in [1.807, 2.05) is 31.2 Å². The molecule has 1 fully saturated rings. The minimum Gasteiger partial charge on any atom is -0.461 e. The molecule has 4 nitrogen and oxygen atoms in total. The summed E-state index contributed by atoms with van der Waals surface area (Å²) in [5.41, 5.74) is 1.86. The van der Waals surface area contributed by atoms with Crippen LogP contribution >= 0.6 is 0 Å². The van der Waals surface area contributed by atoms with Gasteiger partial charge in [0.15, 0.2) is 0 Å². The molecule has 2 heterocycles. The van der Waals surface area contributed by atoms with Gasteiger partial charge in [0.2, 0.25) is 11.8 Å². The second kappa shape index (κ2) is 3.98. The second-order valence-electron chi connectivity index (χ2n) is 4.65. The van der Waals surface area contributed by atoms with Crippen LogP contribution in [0.4, 0.5) is 0 Å². The number of benzene rings is 1. The molecule has 0 spiro atoms. The maximum atomic E-state index is 11.6. The third-order valence-corrected chi connectivity index (χ3v) is 3.42. The summed E-state index contributed by atoms with van der Waals surface area (Å²) < 4.78 is 5.65. The van der Waals surface area contributed by atoms with Crippen LogP contribution in [0.15, 0.2) is 28.7 Å². The topological polar surface area (TPSA) is 59.3 Å². The number of imide groups is 1. The van der Waals surface area contributed by atoms with Crippen molar-refractivity contribution in [2.45, 2.75) is 19.8 Å². The molecular formula is C14H13NO3. The summed E-state index contributed by atoms with van der Waals surface area (Å²) in [7, 11) is 0. The summed E-state index contributed by atoms with van der Waals surface area (Å²) in [6.07, 6.45) is 0.832. The molecule has 1 N–H and O–H groups in total. The van der Waals surface area contributed by atoms with Crippen molar-refractivity contribution < 1.29 is 14.0 Å². The van der Waals surface area contributed by atoms with Crippen molar-refractivity contribution in [3.8, 4) is 0 Å². The van der Waals surface area contributed by atoms with E-state index in [1.165, 1.54) is 0 Å². The van der Waals surface area contributed by atoms with Crippen LogP contribution in [0.25, 0.3) is 11.0 Å². The lowest BCUT2D eigenvalue weighted by atomic mass is 9.96. The smallest absolute Gasteiger partial charge is 0.230 e. The average Bonchev–Trinajstić information content (AvgIpc) is 2.81. The third-order valence-electron chi connectivity index (χ3n) is 3.42. The Morgan fingerprint density at radius 3 is 2.83 bits per heavy atom. The molecule has 1 saturated heterocycles. The Morgan fingerprint density at radius 2 is 2.11 bits per heavy atom. The van der Waals surface area contributed by atoms with Gasteiger partial charge in [-0.3, -0.25) is 14.9 Å². The van der Waals surface area contributed by atoms with Crippen molar-refractivity contribution in [1.29, 1.82) is 0 Å². The summed E-state index contributed by atoms with van der Waals surface area (Å²) in [4.78, 5) is 22.8. The first-order chi connectivity index (χ1) is 8.65. The first-order valence-corrected chi connectivity index (χ1v) is 5.96. The predicted molar refractivity (Wildman–Crippen MR) is 65.9 cm³/mol. The lowest BCUT2D eigenvalue weighted by Gasteiger charge is -2.04. The lowest BCUT2D eigenvalue weighted by molar-refractivity contribution is -0.125. The Bertz CT molecular complexity index is 642. The minimum absolute atomic E-state index is 0.176. The van der Waals surface area contributed by atoms with Crippen LogP contribution in [0.2, 0.25) is 0 Å². The minimum atomic E-state index is -0.266. The molecule has 0 saturated carbocycles. The fraction of sp³-hybridized carbons (Fsp3) is 0.286. The van der Waals surface area contributed by atoms with Crippen molar-refractivity contribution in [1.82, 2.24) is 5.32 Å². The molecule has 1 aromatic heterocycles. The Balaban J connectivity index is 1.97. The molecule has 0 aliphatic carbocycles. The summed E-state index contributed by atoms with van der Waals surface area (Å²) in [5, 5.41) is 3.37. The molecule has 1 aliphatic heterocycles. The van der Waals surface area contributed by atoms with Gasteiger partial charge in [0, 0.05) is 17.4 Å². The van der Waals surface area contributed by atoms with E-state index in [9.17, 15) is 9.59 Å². The van der Waals surface area contributed by atoms with E-state index in [-0.39, 0.29) is 24.2 Å². The zero-order valence-electron chi connectivity index (χ0n) is 10.0. The van der Waals surface area contributed by atoms with Crippen LogP contribution in [0.3, 0.4) is 0 Å². The number of para-hydroxylation sites is 1. The van der Waals surface area contributed by atoms with Crippen molar-refractivity contribution in [3.63, 3.8) is 0 Å². The quantitative estimate of drug-likeness (QED) is 0.820. The van der Waals surface area contributed by atoms with Gasteiger partial charge in [0.1, 0.15) is 11.3 Å². The molecule has 18 heavy (non-hydrogen) atoms. The zero-order valence-corrected chi connectivity index (χ0v) is 10.0. The van der Waals surface area contributed by atoms with Gasteiger partial charge >= 0.3 is 0 Å². The Labute approximate surface area is 104 Å². The maximum absolute atomic E-state index is 11.6. The van der Waals surface area contributed by atoms with Crippen LogP contribution in [0.5, 0.6) is 0 Å². The third kappa shape index (κ3) is 1.70. The van der Waals surface area contributed by atoms with E-state index in [0.717, 1.165) is 22.3 Å². The standard InChI is InChI=1S/C14H13NO3/c1-8-11(6-9-7-13(16)15-14(9)17)10-4-2-3-5-12(10)18-8/h2-5,9H,6-7H2,1H3,(H,15,16,17). The number of amides is 2. The van der Waals surface area contributed by atoms with Gasteiger partial charge in [-0.2, -0.15) is 0 Å². The average molecular weight is 243 g/mol. The molecule has 3 rings (SSSR count). The highest BCUT2D eigenvalue weighted by atomic mass is 16.3. The van der Waals surface area contributed by atoms with Gasteiger partial charge in [-0.05, 0) is 19.4 Å². The van der Waals surface area contributed by atoms with Crippen LogP contribution in [0, 0.1) is 12.8 Å². The highest BCUT2D eigenvalue weighted by molar-refractivity contribution is 6.03. The number of rotatable bonds is 2. The lowest BCUT2D eigenvalue weighted by Crippen LogP contribution is -2.22. The van der Waals surface area contributed by atoms with Crippen molar-refractivity contribution in [3.05, 3.63) is 35.6 Å². The molecule has 1 aromatic carbocycles. The summed E-state index contributed by atoms with van der Waals surface area (Å²) in [6.45, 7) is 1.89. The molecular weight excluding hydrogens is 230 g/mol. The molecule has 92 valence electrons. The number of nitrogens with one attached hydrogen (secondary N) is 1. The highest BCUT2D eigenvalue weighted by Gasteiger charge is 2.31. The second-order valence-corrected chi connectivity index (χ2v) is 4.65. The van der Waals surface area contributed by atoms with Crippen molar-refractivity contribution >= 4 is 22.8 Å². The monoisotopic (exact) mass is 243 g/mol. The normalized spacial score (nSPS) is 19.5. The molecule has 1 atom stereocenters. The largest absolute Gasteiger partial charge is 0.461 e. The van der Waals surface area contributed by atoms with E-state index < -0.39 is 0 Å². The molecule has 2 amide bonds. The molecule has 0 bridgehead atoms. The van der Waals surface area contributed by atoms with E-state index >= 15 is 0 Å². The Hall–Kier alpha value is -2.10. The fourth-order valence-corrected chi connectivity index (χ4v) is 2.49. The van der Waals surface area contributed by atoms with E-state index in [2.05, 4.69) is 5.32 Å². The summed E-state index contributed by atoms with van der Waals surface area (Å²) in [6, 6.07) is 7.75. The summed E-state index contributed by atoms with van der Waals surface area (Å²) >= 11 is 0. The van der Waals surface area contributed by atoms with E-state index in [1.54, 1.807) is 0 Å². The van der Waals surface area contributed by atoms with Gasteiger partial charge < -0.3 is 4.42 Å². The number of hydrogen-bond acceptors (Lipinski definition) is 3. The van der Waals surface area contributed by atoms with Crippen LogP contribution in [0.1, 0.15) is 17.7 Å². The SMILES string of the molecule is Cc1oc2ccccc2c1CC1CC(=O)NC1=O. The molecule has 2 aromatic rings. The van der Waals surface area contributed by atoms with Crippen LogP contribution in [-0.4, -0.2) is 11.8 Å². The van der Waals surface area contributed by atoms with Crippen molar-refractivity contribution in [2.75, 3.05) is 0 Å². The first kappa shape index (κ1) is 11.0. The zero-order chi connectivity index (χ0) is 12.7. The van der Waals surface area contributed by atoms with Crippen LogP contribution < -0.4 is 5.32 Å². The number of carbonyl (C=O) groups excluding carboxylic acids is 2. The van der Waals surface area contributed by atoms with E-state index in [0.29, 0.717) is 6.42 Å². The Kier molecular flexibility index (Phi) is 2.44. The van der Waals surface area contributed by atoms with Gasteiger partial charge in [0.05, 0.1) is 5.92 Å². The first-order valence-electron chi connectivity index (χ1n) is 5.96. The van der Waals surface area contributed by atoms with Gasteiger partial charge in [-0.1, -0.05) is 18.2 Å². The molecule has 1 aliphatic rings. The predicted octanol–water partition coefficient (Wildman–Crippen LogP) is 1.95. The molecule has 0 radical (unpaired) electrons. The van der Waals surface area contributed by atoms with Gasteiger partial charge in [-0.15, -0.1) is 0 Å². The number of carbonyl (C=O) groups is 2. The van der Waals surface area contributed by atoms with E-state index in [4.69, 9.17) is 4.42 Å². The highest BCUT2D eigenvalue weighted by Crippen LogP contribution is 2.29. The number of fused-ring (bicyclic) bond motifs is 1. The summed E-state index contributed by atoms with van der Waals surface area (Å²) in [5.74, 6) is 0.195. The number of hydrogen-bond donors (Lipinski definition) is 1. The van der Waals surface area contributed by atoms with Crippen molar-refractivity contribution in [2.24, 2.45) is 5.92 Å². The fourth-order valence-electron chi connectivity index (χ4n) is 2.49. The number of aryl methyl sites for hydroxylation is 1. The van der Waals surface area contributed by atoms with Crippen LogP contribution in [-0.2, 0) is 16.0 Å². The maximum Gasteiger partial charge on any atom is 0.230 e. The van der Waals surface area contributed by atoms with Gasteiger partial charge in [-0.25, -0.2) is 0 Å². The molecule has 1 unspecified atom stereocenters. The Morgan fingerprint density at radius 1 is 1.33 bits per heavy atom.